The van der Waals surface area contributed by atoms with Crippen LogP contribution in [0.5, 0.6) is 11.8 Å². The quantitative estimate of drug-likeness (QED) is 0.852. The van der Waals surface area contributed by atoms with E-state index in [9.17, 15) is 4.79 Å². The lowest BCUT2D eigenvalue weighted by Crippen LogP contribution is -2.15. The molecule has 2 aromatic heterocycles. The molecule has 0 fully saturated rings. The van der Waals surface area contributed by atoms with Crippen LogP contribution in [0.2, 0.25) is 0 Å². The first-order chi connectivity index (χ1) is 10.2. The van der Waals surface area contributed by atoms with Gasteiger partial charge in [-0.15, -0.1) is 0 Å². The van der Waals surface area contributed by atoms with E-state index in [-0.39, 0.29) is 11.9 Å². The summed E-state index contributed by atoms with van der Waals surface area (Å²) in [6, 6.07) is 4.85. The molecule has 110 valence electrons. The minimum absolute atomic E-state index is 0.0916. The van der Waals surface area contributed by atoms with Crippen molar-refractivity contribution in [2.45, 2.75) is 0 Å². The van der Waals surface area contributed by atoms with Crippen molar-refractivity contribution >= 4 is 17.7 Å². The smallest absolute Gasteiger partial charge is 0.259 e. The van der Waals surface area contributed by atoms with E-state index in [0.717, 1.165) is 0 Å². The van der Waals surface area contributed by atoms with Crippen molar-refractivity contribution in [3.8, 4) is 11.8 Å². The first-order valence-corrected chi connectivity index (χ1v) is 6.08. The zero-order valence-corrected chi connectivity index (χ0v) is 11.9. The van der Waals surface area contributed by atoms with Crippen LogP contribution < -0.4 is 20.1 Å². The Hall–Kier alpha value is -2.90. The molecule has 0 aliphatic heterocycles. The predicted molar refractivity (Wildman–Crippen MR) is 76.9 cm³/mol. The molecule has 0 spiro atoms. The Kier molecular flexibility index (Phi) is 4.50. The van der Waals surface area contributed by atoms with Crippen LogP contribution in [0.1, 0.15) is 10.4 Å². The maximum absolute atomic E-state index is 12.1. The van der Waals surface area contributed by atoms with Gasteiger partial charge < -0.3 is 14.8 Å². The summed E-state index contributed by atoms with van der Waals surface area (Å²) >= 11 is 0. The molecule has 0 atom stereocenters. The number of hydrogen-bond donors (Lipinski definition) is 2. The second kappa shape index (κ2) is 6.51. The van der Waals surface area contributed by atoms with E-state index in [1.165, 1.54) is 26.5 Å². The molecule has 8 nitrogen and oxygen atoms in total. The predicted octanol–water partition coefficient (Wildman–Crippen LogP) is 1.18. The molecule has 0 aliphatic rings. The summed E-state index contributed by atoms with van der Waals surface area (Å²) in [5, 5.41) is 5.44. The number of ether oxygens (including phenoxy) is 2. The van der Waals surface area contributed by atoms with Gasteiger partial charge in [-0.2, -0.15) is 9.97 Å². The van der Waals surface area contributed by atoms with E-state index >= 15 is 0 Å². The fraction of sp³-hybridized carbons (Fsp3) is 0.231. The topological polar surface area (TPSA) is 98.3 Å². The monoisotopic (exact) mass is 289 g/mol. The number of nitrogens with zero attached hydrogens (tertiary/aromatic N) is 3. The van der Waals surface area contributed by atoms with Gasteiger partial charge in [-0.3, -0.25) is 10.1 Å². The van der Waals surface area contributed by atoms with E-state index < -0.39 is 0 Å². The summed E-state index contributed by atoms with van der Waals surface area (Å²) in [6.45, 7) is 0. The molecule has 2 heterocycles. The molecular weight excluding hydrogens is 274 g/mol. The molecule has 1 amide bonds. The third kappa shape index (κ3) is 3.56. The molecule has 0 unspecified atom stereocenters. The lowest BCUT2D eigenvalue weighted by atomic mass is 10.2. The van der Waals surface area contributed by atoms with Crippen LogP contribution >= 0.6 is 0 Å². The van der Waals surface area contributed by atoms with Gasteiger partial charge in [0.15, 0.2) is 0 Å². The van der Waals surface area contributed by atoms with Crippen molar-refractivity contribution < 1.29 is 14.3 Å². The second-order valence-corrected chi connectivity index (χ2v) is 3.91. The fourth-order valence-corrected chi connectivity index (χ4v) is 1.52. The number of hydrogen-bond acceptors (Lipinski definition) is 7. The molecule has 0 aromatic carbocycles. The van der Waals surface area contributed by atoms with Crippen LogP contribution in [0.25, 0.3) is 0 Å². The van der Waals surface area contributed by atoms with Gasteiger partial charge in [-0.25, -0.2) is 4.98 Å². The lowest BCUT2D eigenvalue weighted by molar-refractivity contribution is 0.102. The number of anilines is 2. The number of aromatic nitrogens is 3. The molecule has 2 rings (SSSR count). The van der Waals surface area contributed by atoms with Crippen LogP contribution in [0.3, 0.4) is 0 Å². The molecule has 0 saturated carbocycles. The molecular formula is C13H15N5O3. The second-order valence-electron chi connectivity index (χ2n) is 3.91. The number of rotatable bonds is 5. The first kappa shape index (κ1) is 14.5. The number of carbonyl (C=O) groups is 1. The van der Waals surface area contributed by atoms with E-state index in [1.54, 1.807) is 19.2 Å². The van der Waals surface area contributed by atoms with Crippen molar-refractivity contribution in [1.29, 1.82) is 0 Å². The van der Waals surface area contributed by atoms with E-state index in [2.05, 4.69) is 25.6 Å². The highest BCUT2D eigenvalue weighted by Gasteiger charge is 2.11. The summed E-state index contributed by atoms with van der Waals surface area (Å²) in [6.07, 6.45) is 1.46. The van der Waals surface area contributed by atoms with Crippen molar-refractivity contribution in [1.82, 2.24) is 15.0 Å². The van der Waals surface area contributed by atoms with Crippen molar-refractivity contribution in [3.63, 3.8) is 0 Å². The van der Waals surface area contributed by atoms with E-state index in [4.69, 9.17) is 9.47 Å². The van der Waals surface area contributed by atoms with Gasteiger partial charge in [0, 0.05) is 13.2 Å². The summed E-state index contributed by atoms with van der Waals surface area (Å²) < 4.78 is 10.0. The van der Waals surface area contributed by atoms with Gasteiger partial charge in [-0.1, -0.05) is 0 Å². The van der Waals surface area contributed by atoms with Gasteiger partial charge in [0.25, 0.3) is 5.91 Å². The zero-order valence-electron chi connectivity index (χ0n) is 11.9. The Morgan fingerprint density at radius 1 is 1.14 bits per heavy atom. The molecule has 0 radical (unpaired) electrons. The summed E-state index contributed by atoms with van der Waals surface area (Å²) in [7, 11) is 4.68. The van der Waals surface area contributed by atoms with Crippen LogP contribution in [-0.4, -0.2) is 42.1 Å². The number of pyridine rings is 1. The molecule has 8 heteroatoms. The Morgan fingerprint density at radius 2 is 1.81 bits per heavy atom. The number of methoxy groups -OCH3 is 2. The fourth-order valence-electron chi connectivity index (χ4n) is 1.52. The van der Waals surface area contributed by atoms with Crippen LogP contribution in [0.4, 0.5) is 11.8 Å². The van der Waals surface area contributed by atoms with Gasteiger partial charge in [0.2, 0.25) is 17.7 Å². The minimum Gasteiger partial charge on any atom is -0.481 e. The van der Waals surface area contributed by atoms with Crippen LogP contribution in [-0.2, 0) is 0 Å². The van der Waals surface area contributed by atoms with Gasteiger partial charge >= 0.3 is 0 Å². The number of amides is 1. The number of nitrogens with one attached hydrogen (secondary N) is 2. The summed E-state index contributed by atoms with van der Waals surface area (Å²) in [5.74, 6) is 0.974. The molecule has 2 aromatic rings. The Balaban J connectivity index is 2.18. The van der Waals surface area contributed by atoms with E-state index in [0.29, 0.717) is 23.1 Å². The first-order valence-electron chi connectivity index (χ1n) is 6.08. The zero-order chi connectivity index (χ0) is 15.2. The summed E-state index contributed by atoms with van der Waals surface area (Å²) in [5.41, 5.74) is 0.388. The Bertz CT molecular complexity index is 608. The average Bonchev–Trinajstić information content (AvgIpc) is 2.54. The van der Waals surface area contributed by atoms with Crippen molar-refractivity contribution in [2.75, 3.05) is 31.9 Å². The van der Waals surface area contributed by atoms with Gasteiger partial charge in [0.1, 0.15) is 5.82 Å². The van der Waals surface area contributed by atoms with Crippen molar-refractivity contribution in [3.05, 3.63) is 30.0 Å². The lowest BCUT2D eigenvalue weighted by Gasteiger charge is -2.07. The molecule has 0 aliphatic carbocycles. The normalized spacial score (nSPS) is 9.86. The standard InChI is InChI=1S/C13H15N5O3/c1-14-9-5-4-8(7-15-9)12(19)18-13-16-10(20-2)6-11(17-13)21-3/h4-7H,1-3H3,(H,14,15)(H,16,17,18,19). The van der Waals surface area contributed by atoms with Crippen LogP contribution in [0, 0.1) is 0 Å². The largest absolute Gasteiger partial charge is 0.481 e. The highest BCUT2D eigenvalue weighted by atomic mass is 16.5. The molecule has 0 bridgehead atoms. The molecule has 0 saturated heterocycles. The molecule has 2 N–H and O–H groups in total. The summed E-state index contributed by atoms with van der Waals surface area (Å²) in [4.78, 5) is 24.2. The number of carbonyl (C=O) groups excluding carboxylic acids is 1. The van der Waals surface area contributed by atoms with Crippen LogP contribution in [0.15, 0.2) is 24.4 Å². The molecule has 21 heavy (non-hydrogen) atoms. The third-order valence-corrected chi connectivity index (χ3v) is 2.60. The average molecular weight is 289 g/mol. The maximum Gasteiger partial charge on any atom is 0.259 e. The third-order valence-electron chi connectivity index (χ3n) is 2.60. The Morgan fingerprint density at radius 3 is 2.29 bits per heavy atom. The van der Waals surface area contributed by atoms with Crippen molar-refractivity contribution in [2.24, 2.45) is 0 Å². The highest BCUT2D eigenvalue weighted by Crippen LogP contribution is 2.17. The van der Waals surface area contributed by atoms with Gasteiger partial charge in [0.05, 0.1) is 25.8 Å². The van der Waals surface area contributed by atoms with E-state index in [1.807, 2.05) is 0 Å². The van der Waals surface area contributed by atoms with Gasteiger partial charge in [-0.05, 0) is 12.1 Å². The maximum atomic E-state index is 12.1. The highest BCUT2D eigenvalue weighted by molar-refractivity contribution is 6.03. The SMILES string of the molecule is CNc1ccc(C(=O)Nc2nc(OC)cc(OC)n2)cn1. The Labute approximate surface area is 121 Å². The minimum atomic E-state index is -0.375.